The van der Waals surface area contributed by atoms with Crippen LogP contribution in [0.2, 0.25) is 0 Å². The molecule has 3 aromatic rings. The highest BCUT2D eigenvalue weighted by Crippen LogP contribution is 2.39. The van der Waals surface area contributed by atoms with E-state index < -0.39 is 0 Å². The van der Waals surface area contributed by atoms with E-state index in [1.807, 2.05) is 0 Å². The Morgan fingerprint density at radius 1 is 0.447 bits per heavy atom. The summed E-state index contributed by atoms with van der Waals surface area (Å²) in [6.45, 7) is 4.66. The van der Waals surface area contributed by atoms with Crippen LogP contribution in [0.4, 0.5) is 0 Å². The van der Waals surface area contributed by atoms with Gasteiger partial charge in [0.15, 0.2) is 0 Å². The Bertz CT molecular complexity index is 1070. The van der Waals surface area contributed by atoms with Crippen LogP contribution < -0.4 is 0 Å². The van der Waals surface area contributed by atoms with Crippen LogP contribution in [-0.4, -0.2) is 0 Å². The first-order valence-corrected chi connectivity index (χ1v) is 16.0. The molecule has 0 saturated heterocycles. The van der Waals surface area contributed by atoms with Gasteiger partial charge in [0.25, 0.3) is 0 Å². The molecule has 0 aliphatic heterocycles. The lowest BCUT2D eigenvalue weighted by Crippen LogP contribution is -2.13. The first-order chi connectivity index (χ1) is 18.7. The fourth-order valence-electron chi connectivity index (χ4n) is 7.44. The molecule has 0 N–H and O–H groups in total. The molecule has 3 aromatic carbocycles. The van der Waals surface area contributed by atoms with Crippen molar-refractivity contribution in [1.82, 2.24) is 0 Å². The van der Waals surface area contributed by atoms with Gasteiger partial charge in [0.05, 0.1) is 0 Å². The molecule has 0 nitrogen and oxygen atoms in total. The van der Waals surface area contributed by atoms with Crippen LogP contribution in [0.15, 0.2) is 72.8 Å². The largest absolute Gasteiger partial charge is 0.0654 e. The second-order valence-electron chi connectivity index (χ2n) is 12.6. The zero-order chi connectivity index (χ0) is 26.2. The summed E-state index contributed by atoms with van der Waals surface area (Å²) in [5.74, 6) is 3.53. The summed E-state index contributed by atoms with van der Waals surface area (Å²) >= 11 is 0. The van der Waals surface area contributed by atoms with Crippen LogP contribution in [0.5, 0.6) is 0 Å². The van der Waals surface area contributed by atoms with Gasteiger partial charge in [-0.05, 0) is 121 Å². The van der Waals surface area contributed by atoms with Gasteiger partial charge >= 0.3 is 0 Å². The molecule has 202 valence electrons. The first kappa shape index (κ1) is 27.2. The second-order valence-corrected chi connectivity index (χ2v) is 12.6. The summed E-state index contributed by atoms with van der Waals surface area (Å²) in [6, 6.07) is 28.4. The molecule has 2 aliphatic carbocycles. The molecule has 2 saturated carbocycles. The molecule has 2 aliphatic rings. The smallest absolute Gasteiger partial charge is 0.0162 e. The standard InChI is InChI=1S/C38H50/c1-3-5-29-9-17-33(18-10-29)34-21-13-31(14-22-34)7-8-32-15-23-36(24-16-32)38-27-25-37(26-28-38)35-19-11-30(6-4-2)12-20-35/h13-16,21-30,33,35H,3-12,17-20H2,1-2H3/t29-,30-,33-,35-. The normalized spacial score (nSPS) is 23.8. The maximum absolute atomic E-state index is 2.42. The van der Waals surface area contributed by atoms with E-state index in [-0.39, 0.29) is 0 Å². The average molecular weight is 507 g/mol. The molecule has 0 aromatic heterocycles. The van der Waals surface area contributed by atoms with Crippen molar-refractivity contribution in [2.45, 2.75) is 116 Å². The molecule has 0 spiro atoms. The Morgan fingerprint density at radius 2 is 0.789 bits per heavy atom. The highest BCUT2D eigenvalue weighted by Gasteiger charge is 2.22. The Morgan fingerprint density at radius 3 is 1.18 bits per heavy atom. The molecule has 0 radical (unpaired) electrons. The second kappa shape index (κ2) is 13.6. The molecule has 0 atom stereocenters. The van der Waals surface area contributed by atoms with Gasteiger partial charge in [-0.3, -0.25) is 0 Å². The molecule has 0 heteroatoms. The van der Waals surface area contributed by atoms with Crippen LogP contribution in [0.1, 0.15) is 125 Å². The van der Waals surface area contributed by atoms with Crippen molar-refractivity contribution in [2.24, 2.45) is 11.8 Å². The number of benzene rings is 3. The van der Waals surface area contributed by atoms with E-state index in [1.165, 1.54) is 99.3 Å². The van der Waals surface area contributed by atoms with Crippen molar-refractivity contribution in [2.75, 3.05) is 0 Å². The van der Waals surface area contributed by atoms with Gasteiger partial charge in [-0.25, -0.2) is 0 Å². The van der Waals surface area contributed by atoms with E-state index in [9.17, 15) is 0 Å². The lowest BCUT2D eigenvalue weighted by Gasteiger charge is -2.28. The van der Waals surface area contributed by atoms with Crippen LogP contribution in [0.3, 0.4) is 0 Å². The van der Waals surface area contributed by atoms with E-state index in [2.05, 4.69) is 86.6 Å². The summed E-state index contributed by atoms with van der Waals surface area (Å²) in [5.41, 5.74) is 8.72. The summed E-state index contributed by atoms with van der Waals surface area (Å²) < 4.78 is 0. The molecular weight excluding hydrogens is 456 g/mol. The molecular formula is C38H50. The maximum atomic E-state index is 2.42. The highest BCUT2D eigenvalue weighted by molar-refractivity contribution is 5.64. The minimum atomic E-state index is 0.773. The predicted molar refractivity (Wildman–Crippen MR) is 165 cm³/mol. The minimum absolute atomic E-state index is 0.773. The van der Waals surface area contributed by atoms with Crippen LogP contribution in [0, 0.1) is 11.8 Å². The average Bonchev–Trinajstić information content (AvgIpc) is 2.98. The molecule has 5 rings (SSSR count). The Balaban J connectivity index is 1.10. The Kier molecular flexibility index (Phi) is 9.77. The van der Waals surface area contributed by atoms with E-state index in [4.69, 9.17) is 0 Å². The third-order valence-electron chi connectivity index (χ3n) is 9.91. The van der Waals surface area contributed by atoms with E-state index in [0.717, 1.165) is 36.5 Å². The van der Waals surface area contributed by atoms with Gasteiger partial charge < -0.3 is 0 Å². The van der Waals surface area contributed by atoms with Gasteiger partial charge in [-0.2, -0.15) is 0 Å². The monoisotopic (exact) mass is 506 g/mol. The molecule has 0 bridgehead atoms. The van der Waals surface area contributed by atoms with Gasteiger partial charge in [-0.15, -0.1) is 0 Å². The lowest BCUT2D eigenvalue weighted by atomic mass is 9.77. The molecule has 0 heterocycles. The molecule has 0 unspecified atom stereocenters. The van der Waals surface area contributed by atoms with Crippen molar-refractivity contribution in [1.29, 1.82) is 0 Å². The van der Waals surface area contributed by atoms with Crippen molar-refractivity contribution >= 4 is 0 Å². The third-order valence-corrected chi connectivity index (χ3v) is 9.91. The van der Waals surface area contributed by atoms with Crippen LogP contribution in [-0.2, 0) is 12.8 Å². The third kappa shape index (κ3) is 7.19. The first-order valence-electron chi connectivity index (χ1n) is 16.0. The van der Waals surface area contributed by atoms with E-state index in [0.29, 0.717) is 0 Å². The SMILES string of the molecule is CCC[C@H]1CC[C@H](c2ccc(CCc3ccc(-c4ccc([C@H]5CC[C@H](CCC)CC5)cc4)cc3)cc2)CC1. The zero-order valence-corrected chi connectivity index (χ0v) is 24.1. The fourth-order valence-corrected chi connectivity index (χ4v) is 7.44. The summed E-state index contributed by atoms with van der Waals surface area (Å²) in [5, 5.41) is 0. The minimum Gasteiger partial charge on any atom is -0.0654 e. The molecule has 38 heavy (non-hydrogen) atoms. The summed E-state index contributed by atoms with van der Waals surface area (Å²) in [6.07, 6.45) is 19.0. The topological polar surface area (TPSA) is 0 Å². The Labute approximate surface area is 233 Å². The van der Waals surface area contributed by atoms with Gasteiger partial charge in [0.1, 0.15) is 0 Å². The van der Waals surface area contributed by atoms with Crippen LogP contribution in [0.25, 0.3) is 11.1 Å². The van der Waals surface area contributed by atoms with Crippen molar-refractivity contribution < 1.29 is 0 Å². The summed E-state index contributed by atoms with van der Waals surface area (Å²) in [7, 11) is 0. The Hall–Kier alpha value is -2.34. The quantitative estimate of drug-likeness (QED) is 0.256. The lowest BCUT2D eigenvalue weighted by molar-refractivity contribution is 0.308. The van der Waals surface area contributed by atoms with E-state index in [1.54, 1.807) is 11.1 Å². The van der Waals surface area contributed by atoms with Gasteiger partial charge in [0, 0.05) is 0 Å². The molecule has 0 amide bonds. The van der Waals surface area contributed by atoms with Gasteiger partial charge in [0.2, 0.25) is 0 Å². The van der Waals surface area contributed by atoms with E-state index >= 15 is 0 Å². The fraction of sp³-hybridized carbons (Fsp3) is 0.526. The highest BCUT2D eigenvalue weighted by atomic mass is 14.3. The van der Waals surface area contributed by atoms with Crippen molar-refractivity contribution in [3.8, 4) is 11.1 Å². The number of aryl methyl sites for hydroxylation is 2. The van der Waals surface area contributed by atoms with Crippen molar-refractivity contribution in [3.05, 3.63) is 95.1 Å². The number of hydrogen-bond acceptors (Lipinski definition) is 0. The maximum Gasteiger partial charge on any atom is -0.0162 e. The molecule has 2 fully saturated rings. The number of rotatable bonds is 10. The predicted octanol–water partition coefficient (Wildman–Crippen LogP) is 11.3. The van der Waals surface area contributed by atoms with Crippen molar-refractivity contribution in [3.63, 3.8) is 0 Å². The van der Waals surface area contributed by atoms with Crippen LogP contribution >= 0.6 is 0 Å². The zero-order valence-electron chi connectivity index (χ0n) is 24.1. The number of hydrogen-bond donors (Lipinski definition) is 0. The van der Waals surface area contributed by atoms with Gasteiger partial charge in [-0.1, -0.05) is 112 Å². The summed E-state index contributed by atoms with van der Waals surface area (Å²) in [4.78, 5) is 0.